The van der Waals surface area contributed by atoms with Gasteiger partial charge in [-0.3, -0.25) is 10.1 Å². The number of nitro benzene ring substituents is 1. The van der Waals surface area contributed by atoms with Gasteiger partial charge < -0.3 is 9.15 Å². The molecule has 6 nitrogen and oxygen atoms in total. The summed E-state index contributed by atoms with van der Waals surface area (Å²) in [6.45, 7) is 4.46. The second-order valence-corrected chi connectivity index (χ2v) is 6.09. The van der Waals surface area contributed by atoms with Crippen LogP contribution in [0.15, 0.2) is 52.9 Å². The lowest BCUT2D eigenvalue weighted by Crippen LogP contribution is -2.00. The van der Waals surface area contributed by atoms with Gasteiger partial charge >= 0.3 is 0 Å². The third-order valence-corrected chi connectivity index (χ3v) is 4.07. The third-order valence-electron chi connectivity index (χ3n) is 4.07. The molecule has 26 heavy (non-hydrogen) atoms. The van der Waals surface area contributed by atoms with E-state index in [1.54, 1.807) is 12.1 Å². The van der Waals surface area contributed by atoms with Gasteiger partial charge in [0.05, 0.1) is 17.2 Å². The molecule has 0 fully saturated rings. The average molecular weight is 352 g/mol. The summed E-state index contributed by atoms with van der Waals surface area (Å²) in [5.74, 6) is 2.07. The molecular formula is C20H20N2O4. The van der Waals surface area contributed by atoms with Gasteiger partial charge in [0.15, 0.2) is 0 Å². The maximum Gasteiger partial charge on any atom is 0.269 e. The lowest BCUT2D eigenvalue weighted by molar-refractivity contribution is -0.384. The highest BCUT2D eigenvalue weighted by atomic mass is 16.6. The van der Waals surface area contributed by atoms with Crippen LogP contribution in [0, 0.1) is 24.0 Å². The molecule has 0 aliphatic carbocycles. The Balaban J connectivity index is 1.53. The number of ether oxygens (including phenoxy) is 1. The molecule has 1 heterocycles. The van der Waals surface area contributed by atoms with Crippen molar-refractivity contribution in [1.82, 2.24) is 4.98 Å². The largest absolute Gasteiger partial charge is 0.494 e. The lowest BCUT2D eigenvalue weighted by Gasteiger charge is -2.05. The Morgan fingerprint density at radius 3 is 2.42 bits per heavy atom. The number of aromatic nitrogens is 1. The zero-order chi connectivity index (χ0) is 18.5. The Kier molecular flexibility index (Phi) is 5.31. The van der Waals surface area contributed by atoms with Crippen molar-refractivity contribution in [1.29, 1.82) is 0 Å². The lowest BCUT2D eigenvalue weighted by atomic mass is 10.1. The van der Waals surface area contributed by atoms with E-state index in [-0.39, 0.29) is 5.69 Å². The van der Waals surface area contributed by atoms with Crippen LogP contribution in [0.4, 0.5) is 5.69 Å². The van der Waals surface area contributed by atoms with Crippen molar-refractivity contribution in [3.63, 3.8) is 0 Å². The number of non-ortho nitro benzene ring substituents is 1. The van der Waals surface area contributed by atoms with E-state index in [2.05, 4.69) is 4.98 Å². The maximum absolute atomic E-state index is 10.6. The van der Waals surface area contributed by atoms with Gasteiger partial charge in [0, 0.05) is 17.7 Å². The van der Waals surface area contributed by atoms with Crippen molar-refractivity contribution in [3.8, 4) is 17.2 Å². The zero-order valence-corrected chi connectivity index (χ0v) is 14.8. The second kappa shape index (κ2) is 7.82. The molecule has 0 aliphatic heterocycles. The SMILES string of the molecule is Cc1ccc(-c2nc(CCCOc3ccc([N+](=O)[O-])cc3)c(C)o2)cc1. The molecule has 0 saturated heterocycles. The maximum atomic E-state index is 10.6. The molecule has 0 bridgehead atoms. The van der Waals surface area contributed by atoms with Crippen LogP contribution in [0.2, 0.25) is 0 Å². The van der Waals surface area contributed by atoms with Gasteiger partial charge in [0.1, 0.15) is 11.5 Å². The molecule has 0 aliphatic rings. The molecule has 0 spiro atoms. The number of hydrogen-bond donors (Lipinski definition) is 0. The Hall–Kier alpha value is -3.15. The number of nitro groups is 1. The third kappa shape index (κ3) is 4.27. The molecule has 2 aromatic carbocycles. The van der Waals surface area contributed by atoms with E-state index in [1.807, 2.05) is 38.1 Å². The zero-order valence-electron chi connectivity index (χ0n) is 14.8. The molecule has 1 aromatic heterocycles. The standard InChI is InChI=1S/C20H20N2O4/c1-14-5-7-16(8-6-14)20-21-19(15(2)26-20)4-3-13-25-18-11-9-17(10-12-18)22(23)24/h5-12H,3-4,13H2,1-2H3. The Labute approximate surface area is 151 Å². The number of rotatable bonds is 7. The number of nitrogens with zero attached hydrogens (tertiary/aromatic N) is 2. The summed E-state index contributed by atoms with van der Waals surface area (Å²) in [6.07, 6.45) is 1.52. The fourth-order valence-corrected chi connectivity index (χ4v) is 2.57. The van der Waals surface area contributed by atoms with E-state index in [9.17, 15) is 10.1 Å². The highest BCUT2D eigenvalue weighted by Crippen LogP contribution is 2.23. The average Bonchev–Trinajstić information content (AvgIpc) is 3.00. The molecule has 0 saturated carbocycles. The summed E-state index contributed by atoms with van der Waals surface area (Å²) in [4.78, 5) is 14.8. The topological polar surface area (TPSA) is 78.4 Å². The first-order valence-corrected chi connectivity index (χ1v) is 8.43. The van der Waals surface area contributed by atoms with E-state index in [4.69, 9.17) is 9.15 Å². The predicted octanol–water partition coefficient (Wildman–Crippen LogP) is 4.88. The Morgan fingerprint density at radius 1 is 1.08 bits per heavy atom. The second-order valence-electron chi connectivity index (χ2n) is 6.09. The number of oxazole rings is 1. The van der Waals surface area contributed by atoms with Gasteiger partial charge in [-0.2, -0.15) is 0 Å². The first kappa shape index (κ1) is 17.7. The van der Waals surface area contributed by atoms with E-state index in [0.717, 1.165) is 29.9 Å². The smallest absolute Gasteiger partial charge is 0.269 e. The summed E-state index contributed by atoms with van der Waals surface area (Å²) in [6, 6.07) is 14.2. The van der Waals surface area contributed by atoms with Crippen LogP contribution in [-0.2, 0) is 6.42 Å². The molecule has 0 atom stereocenters. The van der Waals surface area contributed by atoms with E-state index in [0.29, 0.717) is 18.2 Å². The van der Waals surface area contributed by atoms with Crippen molar-refractivity contribution in [2.75, 3.05) is 6.61 Å². The van der Waals surface area contributed by atoms with Crippen molar-refractivity contribution >= 4 is 5.69 Å². The van der Waals surface area contributed by atoms with Crippen LogP contribution in [0.25, 0.3) is 11.5 Å². The first-order valence-electron chi connectivity index (χ1n) is 8.43. The van der Waals surface area contributed by atoms with Crippen molar-refractivity contribution < 1.29 is 14.1 Å². The van der Waals surface area contributed by atoms with Crippen LogP contribution in [0.3, 0.4) is 0 Å². The van der Waals surface area contributed by atoms with Crippen LogP contribution < -0.4 is 4.74 Å². The number of aryl methyl sites for hydroxylation is 3. The van der Waals surface area contributed by atoms with Crippen LogP contribution in [-0.4, -0.2) is 16.5 Å². The van der Waals surface area contributed by atoms with E-state index in [1.165, 1.54) is 17.7 Å². The predicted molar refractivity (Wildman–Crippen MR) is 98.3 cm³/mol. The van der Waals surface area contributed by atoms with Gasteiger partial charge in [-0.1, -0.05) is 17.7 Å². The monoisotopic (exact) mass is 352 g/mol. The molecule has 6 heteroatoms. The van der Waals surface area contributed by atoms with E-state index >= 15 is 0 Å². The molecule has 3 rings (SSSR count). The van der Waals surface area contributed by atoms with Gasteiger partial charge in [-0.05, 0) is 51.0 Å². The molecular weight excluding hydrogens is 332 g/mol. The molecule has 3 aromatic rings. The van der Waals surface area contributed by atoms with Gasteiger partial charge in [0.25, 0.3) is 5.69 Å². The fourth-order valence-electron chi connectivity index (χ4n) is 2.57. The minimum atomic E-state index is -0.428. The number of hydrogen-bond acceptors (Lipinski definition) is 5. The summed E-state index contributed by atoms with van der Waals surface area (Å²) in [7, 11) is 0. The van der Waals surface area contributed by atoms with Crippen LogP contribution in [0.5, 0.6) is 5.75 Å². The fraction of sp³-hybridized carbons (Fsp3) is 0.250. The van der Waals surface area contributed by atoms with E-state index < -0.39 is 4.92 Å². The molecule has 0 unspecified atom stereocenters. The Morgan fingerprint density at radius 2 is 1.77 bits per heavy atom. The highest BCUT2D eigenvalue weighted by molar-refractivity contribution is 5.54. The summed E-state index contributed by atoms with van der Waals surface area (Å²) >= 11 is 0. The van der Waals surface area contributed by atoms with Gasteiger partial charge in [0.2, 0.25) is 5.89 Å². The van der Waals surface area contributed by atoms with Crippen molar-refractivity contribution in [2.24, 2.45) is 0 Å². The van der Waals surface area contributed by atoms with Crippen LogP contribution in [0.1, 0.15) is 23.4 Å². The van der Waals surface area contributed by atoms with Crippen molar-refractivity contribution in [2.45, 2.75) is 26.7 Å². The molecule has 134 valence electrons. The summed E-state index contributed by atoms with van der Waals surface area (Å²) in [5.41, 5.74) is 3.14. The van der Waals surface area contributed by atoms with Gasteiger partial charge in [-0.15, -0.1) is 0 Å². The molecule has 0 N–H and O–H groups in total. The quantitative estimate of drug-likeness (QED) is 0.344. The van der Waals surface area contributed by atoms with Crippen molar-refractivity contribution in [3.05, 3.63) is 75.7 Å². The summed E-state index contributed by atoms with van der Waals surface area (Å²) in [5, 5.41) is 10.6. The minimum Gasteiger partial charge on any atom is -0.494 e. The first-order chi connectivity index (χ1) is 12.5. The molecule has 0 radical (unpaired) electrons. The normalized spacial score (nSPS) is 10.7. The minimum absolute atomic E-state index is 0.0548. The summed E-state index contributed by atoms with van der Waals surface area (Å²) < 4.78 is 11.4. The number of benzene rings is 2. The van der Waals surface area contributed by atoms with Gasteiger partial charge in [-0.25, -0.2) is 4.98 Å². The van der Waals surface area contributed by atoms with Crippen LogP contribution >= 0.6 is 0 Å². The highest BCUT2D eigenvalue weighted by Gasteiger charge is 2.11. The Bertz CT molecular complexity index is 883. The molecule has 0 amide bonds.